The lowest BCUT2D eigenvalue weighted by Gasteiger charge is -2.15. The van der Waals surface area contributed by atoms with Crippen molar-refractivity contribution in [2.45, 2.75) is 52.1 Å². The van der Waals surface area contributed by atoms with Gasteiger partial charge in [-0.3, -0.25) is 4.98 Å². The number of fused-ring (bicyclic) bond motifs is 1. The number of hydrogen-bond donors (Lipinski definition) is 1. The van der Waals surface area contributed by atoms with Crippen LogP contribution in [-0.4, -0.2) is 16.1 Å². The molecule has 2 aromatic rings. The molecule has 0 saturated heterocycles. The van der Waals surface area contributed by atoms with Gasteiger partial charge in [-0.05, 0) is 56.0 Å². The summed E-state index contributed by atoms with van der Waals surface area (Å²) in [4.78, 5) is 4.61. The number of rotatable bonds is 4. The minimum absolute atomic E-state index is 0.527. The minimum atomic E-state index is 0.527. The molecule has 2 heterocycles. The SMILES string of the molecule is CCNC1CCCCc2cn(Cc3cccc(C)n3)cc21. The van der Waals surface area contributed by atoms with Crippen molar-refractivity contribution in [3.8, 4) is 0 Å². The predicted octanol–water partition coefficient (Wildman–Crippen LogP) is 3.62. The first-order chi connectivity index (χ1) is 10.3. The summed E-state index contributed by atoms with van der Waals surface area (Å²) in [5, 5.41) is 3.64. The Morgan fingerprint density at radius 2 is 2.19 bits per heavy atom. The average Bonchev–Trinajstić information content (AvgIpc) is 2.76. The highest BCUT2D eigenvalue weighted by atomic mass is 15.0. The molecule has 0 radical (unpaired) electrons. The number of hydrogen-bond acceptors (Lipinski definition) is 2. The Balaban J connectivity index is 1.83. The van der Waals surface area contributed by atoms with Crippen LogP contribution >= 0.6 is 0 Å². The van der Waals surface area contributed by atoms with Crippen molar-refractivity contribution in [3.05, 3.63) is 53.1 Å². The summed E-state index contributed by atoms with van der Waals surface area (Å²) in [5.74, 6) is 0. The van der Waals surface area contributed by atoms with Gasteiger partial charge in [-0.2, -0.15) is 0 Å². The van der Waals surface area contributed by atoms with Gasteiger partial charge in [-0.1, -0.05) is 19.4 Å². The van der Waals surface area contributed by atoms with E-state index in [1.807, 2.05) is 0 Å². The van der Waals surface area contributed by atoms with Gasteiger partial charge in [-0.25, -0.2) is 0 Å². The lowest BCUT2D eigenvalue weighted by atomic mass is 10.0. The zero-order chi connectivity index (χ0) is 14.7. The number of aromatic nitrogens is 2. The van der Waals surface area contributed by atoms with Crippen molar-refractivity contribution in [3.63, 3.8) is 0 Å². The van der Waals surface area contributed by atoms with Crippen LogP contribution in [0.1, 0.15) is 54.7 Å². The molecule has 112 valence electrons. The first-order valence-electron chi connectivity index (χ1n) is 8.10. The Hall–Kier alpha value is -1.61. The maximum Gasteiger partial charge on any atom is 0.0643 e. The summed E-state index contributed by atoms with van der Waals surface area (Å²) < 4.78 is 2.31. The van der Waals surface area contributed by atoms with E-state index in [4.69, 9.17) is 0 Å². The molecule has 0 amide bonds. The van der Waals surface area contributed by atoms with E-state index in [0.29, 0.717) is 6.04 Å². The second kappa shape index (κ2) is 6.44. The van der Waals surface area contributed by atoms with Gasteiger partial charge in [0.2, 0.25) is 0 Å². The molecule has 3 rings (SSSR count). The molecule has 0 spiro atoms. The van der Waals surface area contributed by atoms with E-state index >= 15 is 0 Å². The van der Waals surface area contributed by atoms with Crippen molar-refractivity contribution in [2.75, 3.05) is 6.54 Å². The Morgan fingerprint density at radius 1 is 1.29 bits per heavy atom. The van der Waals surface area contributed by atoms with Gasteiger partial charge in [0, 0.05) is 24.1 Å². The monoisotopic (exact) mass is 283 g/mol. The maximum atomic E-state index is 4.61. The fraction of sp³-hybridized carbons (Fsp3) is 0.500. The molecule has 0 aliphatic heterocycles. The lowest BCUT2D eigenvalue weighted by molar-refractivity contribution is 0.502. The first-order valence-corrected chi connectivity index (χ1v) is 8.10. The van der Waals surface area contributed by atoms with Gasteiger partial charge >= 0.3 is 0 Å². The third-order valence-electron chi connectivity index (χ3n) is 4.30. The van der Waals surface area contributed by atoms with Gasteiger partial charge in [-0.15, -0.1) is 0 Å². The number of nitrogens with one attached hydrogen (secondary N) is 1. The van der Waals surface area contributed by atoms with Crippen molar-refractivity contribution in [2.24, 2.45) is 0 Å². The van der Waals surface area contributed by atoms with Crippen LogP contribution < -0.4 is 5.32 Å². The number of pyridine rings is 1. The van der Waals surface area contributed by atoms with E-state index in [0.717, 1.165) is 24.5 Å². The van der Waals surface area contributed by atoms with E-state index in [1.54, 1.807) is 0 Å². The van der Waals surface area contributed by atoms with Crippen molar-refractivity contribution >= 4 is 0 Å². The van der Waals surface area contributed by atoms with Gasteiger partial charge in [0.05, 0.1) is 12.2 Å². The largest absolute Gasteiger partial charge is 0.348 e. The minimum Gasteiger partial charge on any atom is -0.348 e. The van der Waals surface area contributed by atoms with Gasteiger partial charge in [0.1, 0.15) is 0 Å². The van der Waals surface area contributed by atoms with Crippen LogP contribution in [0.4, 0.5) is 0 Å². The third-order valence-corrected chi connectivity index (χ3v) is 4.30. The first kappa shape index (κ1) is 14.3. The Morgan fingerprint density at radius 3 is 3.00 bits per heavy atom. The molecule has 3 heteroatoms. The van der Waals surface area contributed by atoms with Crippen LogP contribution in [0.5, 0.6) is 0 Å². The zero-order valence-corrected chi connectivity index (χ0v) is 13.1. The summed E-state index contributed by atoms with van der Waals surface area (Å²) in [6.07, 6.45) is 9.76. The molecule has 1 aliphatic carbocycles. The molecule has 0 aromatic carbocycles. The fourth-order valence-electron chi connectivity index (χ4n) is 3.34. The summed E-state index contributed by atoms with van der Waals surface area (Å²) in [6, 6.07) is 6.78. The molecule has 21 heavy (non-hydrogen) atoms. The van der Waals surface area contributed by atoms with Gasteiger partial charge in [0.25, 0.3) is 0 Å². The van der Waals surface area contributed by atoms with Crippen LogP contribution in [-0.2, 0) is 13.0 Å². The Kier molecular flexibility index (Phi) is 4.39. The fourth-order valence-corrected chi connectivity index (χ4v) is 3.34. The molecule has 1 aliphatic rings. The van der Waals surface area contributed by atoms with Gasteiger partial charge < -0.3 is 9.88 Å². The van der Waals surface area contributed by atoms with Crippen molar-refractivity contribution < 1.29 is 0 Å². The number of nitrogens with zero attached hydrogens (tertiary/aromatic N) is 2. The zero-order valence-electron chi connectivity index (χ0n) is 13.1. The lowest BCUT2D eigenvalue weighted by Crippen LogP contribution is -2.20. The quantitative estimate of drug-likeness (QED) is 0.869. The highest BCUT2D eigenvalue weighted by molar-refractivity contribution is 5.30. The van der Waals surface area contributed by atoms with Crippen molar-refractivity contribution in [1.82, 2.24) is 14.9 Å². The molecule has 0 fully saturated rings. The molecule has 2 aromatic heterocycles. The number of aryl methyl sites for hydroxylation is 2. The molecular formula is C18H25N3. The van der Waals surface area contributed by atoms with E-state index in [1.165, 1.54) is 36.8 Å². The maximum absolute atomic E-state index is 4.61. The predicted molar refractivity (Wildman–Crippen MR) is 86.5 cm³/mol. The van der Waals surface area contributed by atoms with Gasteiger partial charge in [0.15, 0.2) is 0 Å². The Bertz CT molecular complexity index is 600. The molecule has 3 nitrogen and oxygen atoms in total. The summed E-state index contributed by atoms with van der Waals surface area (Å²) in [5.41, 5.74) is 5.25. The van der Waals surface area contributed by atoms with Crippen LogP contribution in [0, 0.1) is 6.92 Å². The molecular weight excluding hydrogens is 258 g/mol. The summed E-state index contributed by atoms with van der Waals surface area (Å²) in [7, 11) is 0. The average molecular weight is 283 g/mol. The van der Waals surface area contributed by atoms with E-state index in [-0.39, 0.29) is 0 Å². The normalized spacial score (nSPS) is 18.3. The smallest absolute Gasteiger partial charge is 0.0643 e. The molecule has 0 saturated carbocycles. The van der Waals surface area contributed by atoms with Crippen molar-refractivity contribution in [1.29, 1.82) is 0 Å². The summed E-state index contributed by atoms with van der Waals surface area (Å²) >= 11 is 0. The van der Waals surface area contributed by atoms with E-state index in [9.17, 15) is 0 Å². The summed E-state index contributed by atoms with van der Waals surface area (Å²) in [6.45, 7) is 6.15. The topological polar surface area (TPSA) is 29.9 Å². The van der Waals surface area contributed by atoms with E-state index in [2.05, 4.69) is 59.3 Å². The van der Waals surface area contributed by atoms with Crippen LogP contribution in [0.15, 0.2) is 30.6 Å². The second-order valence-electron chi connectivity index (χ2n) is 6.04. The van der Waals surface area contributed by atoms with Crippen LogP contribution in [0.2, 0.25) is 0 Å². The van der Waals surface area contributed by atoms with Crippen LogP contribution in [0.3, 0.4) is 0 Å². The molecule has 1 atom stereocenters. The highest BCUT2D eigenvalue weighted by Crippen LogP contribution is 2.29. The second-order valence-corrected chi connectivity index (χ2v) is 6.04. The highest BCUT2D eigenvalue weighted by Gasteiger charge is 2.19. The molecule has 1 N–H and O–H groups in total. The van der Waals surface area contributed by atoms with E-state index < -0.39 is 0 Å². The standard InChI is InChI=1S/C18H25N3/c1-3-19-18-10-5-4-8-15-11-21(13-17(15)18)12-16-9-6-7-14(2)20-16/h6-7,9,11,13,18-19H,3-5,8,10,12H2,1-2H3. The molecule has 0 bridgehead atoms. The Labute approximate surface area is 127 Å². The molecule has 1 unspecified atom stereocenters. The third kappa shape index (κ3) is 3.35. The van der Waals surface area contributed by atoms with Crippen LogP contribution in [0.25, 0.3) is 0 Å².